The Balaban J connectivity index is 2.29. The molecule has 2 aromatic carbocycles. The number of aryl methyl sites for hydroxylation is 1. The molecule has 5 nitrogen and oxygen atoms in total. The van der Waals surface area contributed by atoms with Crippen LogP contribution in [0, 0.1) is 12.7 Å². The average molecular weight is 427 g/mol. The van der Waals surface area contributed by atoms with Crippen LogP contribution in [0.3, 0.4) is 0 Å². The minimum absolute atomic E-state index is 0.143. The van der Waals surface area contributed by atoms with E-state index in [1.165, 1.54) is 26.2 Å². The third-order valence-corrected chi connectivity index (χ3v) is 5.88. The van der Waals surface area contributed by atoms with Crippen molar-refractivity contribution in [3.63, 3.8) is 0 Å². The molecule has 0 aliphatic carbocycles. The van der Waals surface area contributed by atoms with E-state index in [1.807, 2.05) is 0 Å². The summed E-state index contributed by atoms with van der Waals surface area (Å²) in [6.45, 7) is 1.44. The van der Waals surface area contributed by atoms with Gasteiger partial charge in [-0.05, 0) is 48.9 Å². The van der Waals surface area contributed by atoms with Gasteiger partial charge in [-0.1, -0.05) is 15.9 Å². The number of halogens is 2. The molecule has 0 aliphatic rings. The van der Waals surface area contributed by atoms with E-state index in [1.54, 1.807) is 12.1 Å². The minimum atomic E-state index is -4.16. The van der Waals surface area contributed by atoms with Gasteiger partial charge in [-0.25, -0.2) is 17.6 Å². The van der Waals surface area contributed by atoms with Crippen LogP contribution >= 0.6 is 15.9 Å². The summed E-state index contributed by atoms with van der Waals surface area (Å²) < 4.78 is 49.9. The van der Waals surface area contributed by atoms with Crippen LogP contribution in [-0.4, -0.2) is 15.5 Å². The van der Waals surface area contributed by atoms with Gasteiger partial charge in [-0.2, -0.15) is 0 Å². The molecule has 0 fully saturated rings. The van der Waals surface area contributed by atoms with Crippen molar-refractivity contribution in [3.05, 3.63) is 62.7 Å². The number of methoxy groups -OCH3 is 1. The fourth-order valence-corrected chi connectivity index (χ4v) is 4.23. The van der Waals surface area contributed by atoms with Crippen LogP contribution < -0.4 is 10.4 Å². The molecule has 0 saturated carbocycles. The molecule has 0 saturated heterocycles. The number of hydrogen-bond acceptors (Lipinski definition) is 5. The highest BCUT2D eigenvalue weighted by atomic mass is 79.9. The first-order valence-electron chi connectivity index (χ1n) is 7.06. The van der Waals surface area contributed by atoms with Crippen LogP contribution in [0.2, 0.25) is 0 Å². The summed E-state index contributed by atoms with van der Waals surface area (Å²) >= 11 is 3.29. The summed E-state index contributed by atoms with van der Waals surface area (Å²) in [6.07, 6.45) is 0. The van der Waals surface area contributed by atoms with Crippen molar-refractivity contribution in [1.82, 2.24) is 0 Å². The lowest BCUT2D eigenvalue weighted by Crippen LogP contribution is -2.14. The zero-order chi connectivity index (χ0) is 18.4. The number of sulfone groups is 1. The molecule has 0 aliphatic heterocycles. The van der Waals surface area contributed by atoms with Gasteiger partial charge in [0.2, 0.25) is 9.84 Å². The van der Waals surface area contributed by atoms with Gasteiger partial charge in [0, 0.05) is 9.86 Å². The Labute approximate surface area is 151 Å². The SMILES string of the molecule is COc1cc(Br)cc2cc(S(=O)(=O)c3ccc(F)c(C)c3)c(=O)oc12. The third-order valence-electron chi connectivity index (χ3n) is 3.68. The lowest BCUT2D eigenvalue weighted by atomic mass is 10.2. The minimum Gasteiger partial charge on any atom is -0.493 e. The average Bonchev–Trinajstić information content (AvgIpc) is 2.56. The first-order valence-corrected chi connectivity index (χ1v) is 9.34. The molecule has 0 bridgehead atoms. The molecule has 0 amide bonds. The van der Waals surface area contributed by atoms with Crippen LogP contribution in [0.15, 0.2) is 59.9 Å². The number of benzene rings is 2. The Bertz CT molecular complexity index is 1150. The van der Waals surface area contributed by atoms with Gasteiger partial charge < -0.3 is 9.15 Å². The molecule has 1 heterocycles. The van der Waals surface area contributed by atoms with Crippen molar-refractivity contribution >= 4 is 36.7 Å². The summed E-state index contributed by atoms with van der Waals surface area (Å²) in [6, 6.07) is 7.77. The highest BCUT2D eigenvalue weighted by molar-refractivity contribution is 9.10. The molecule has 3 rings (SSSR count). The second kappa shape index (κ2) is 6.27. The number of rotatable bonds is 3. The molecule has 0 unspecified atom stereocenters. The van der Waals surface area contributed by atoms with E-state index < -0.39 is 26.2 Å². The smallest absolute Gasteiger partial charge is 0.355 e. The second-order valence-electron chi connectivity index (χ2n) is 5.34. The third kappa shape index (κ3) is 3.07. The van der Waals surface area contributed by atoms with Gasteiger partial charge in [0.15, 0.2) is 16.2 Å². The van der Waals surface area contributed by atoms with Crippen LogP contribution in [0.25, 0.3) is 11.0 Å². The van der Waals surface area contributed by atoms with Crippen molar-refractivity contribution < 1.29 is 22.0 Å². The maximum atomic E-state index is 13.4. The van der Waals surface area contributed by atoms with Crippen LogP contribution in [-0.2, 0) is 9.84 Å². The number of fused-ring (bicyclic) bond motifs is 1. The monoisotopic (exact) mass is 426 g/mol. The van der Waals surface area contributed by atoms with Gasteiger partial charge in [-0.3, -0.25) is 0 Å². The summed E-state index contributed by atoms with van der Waals surface area (Å²) in [5, 5.41) is 0.378. The predicted molar refractivity (Wildman–Crippen MR) is 93.3 cm³/mol. The standard InChI is InChI=1S/C17H12BrFO5S/c1-9-5-12(3-4-13(9)19)25(21,22)15-7-10-6-11(18)8-14(23-2)16(10)24-17(15)20/h3-8H,1-2H3. The lowest BCUT2D eigenvalue weighted by molar-refractivity contribution is 0.405. The molecule has 3 aromatic rings. The van der Waals surface area contributed by atoms with E-state index in [2.05, 4.69) is 15.9 Å². The number of hydrogen-bond donors (Lipinski definition) is 0. The molecule has 25 heavy (non-hydrogen) atoms. The zero-order valence-corrected chi connectivity index (χ0v) is 15.6. The predicted octanol–water partition coefficient (Wildman–Crippen LogP) is 3.84. The highest BCUT2D eigenvalue weighted by Gasteiger charge is 2.25. The maximum absolute atomic E-state index is 13.4. The van der Waals surface area contributed by atoms with Gasteiger partial charge in [0.1, 0.15) is 5.82 Å². The fourth-order valence-electron chi connectivity index (χ4n) is 2.40. The van der Waals surface area contributed by atoms with Crippen molar-refractivity contribution in [1.29, 1.82) is 0 Å². The second-order valence-corrected chi connectivity index (χ2v) is 8.17. The maximum Gasteiger partial charge on any atom is 0.355 e. The molecule has 1 aromatic heterocycles. The topological polar surface area (TPSA) is 73.6 Å². The zero-order valence-electron chi connectivity index (χ0n) is 13.2. The van der Waals surface area contributed by atoms with Crippen LogP contribution in [0.4, 0.5) is 4.39 Å². The molecule has 0 atom stereocenters. The molecule has 8 heteroatoms. The van der Waals surface area contributed by atoms with Crippen molar-refractivity contribution in [2.45, 2.75) is 16.7 Å². The molecule has 0 N–H and O–H groups in total. The molecule has 0 spiro atoms. The normalized spacial score (nSPS) is 11.7. The largest absolute Gasteiger partial charge is 0.493 e. The lowest BCUT2D eigenvalue weighted by Gasteiger charge is -2.08. The highest BCUT2D eigenvalue weighted by Crippen LogP contribution is 2.31. The Hall–Kier alpha value is -2.19. The Morgan fingerprint density at radius 3 is 2.52 bits per heavy atom. The van der Waals surface area contributed by atoms with E-state index in [0.29, 0.717) is 15.6 Å². The van der Waals surface area contributed by atoms with Crippen molar-refractivity contribution in [3.8, 4) is 5.75 Å². The molecule has 130 valence electrons. The van der Waals surface area contributed by atoms with Gasteiger partial charge in [0.25, 0.3) is 0 Å². The molecular formula is C17H12BrFO5S. The summed E-state index contributed by atoms with van der Waals surface area (Å²) in [7, 11) is -2.75. The van der Waals surface area contributed by atoms with Crippen molar-refractivity contribution in [2.24, 2.45) is 0 Å². The number of ether oxygens (including phenoxy) is 1. The first kappa shape index (κ1) is 17.6. The quantitative estimate of drug-likeness (QED) is 0.469. The van der Waals surface area contributed by atoms with E-state index in [9.17, 15) is 17.6 Å². The van der Waals surface area contributed by atoms with Gasteiger partial charge in [0.05, 0.1) is 12.0 Å². The van der Waals surface area contributed by atoms with E-state index in [4.69, 9.17) is 9.15 Å². The molecule has 0 radical (unpaired) electrons. The molecular weight excluding hydrogens is 415 g/mol. The fraction of sp³-hybridized carbons (Fsp3) is 0.118. The van der Waals surface area contributed by atoms with Gasteiger partial charge >= 0.3 is 5.63 Å². The van der Waals surface area contributed by atoms with E-state index >= 15 is 0 Å². The van der Waals surface area contributed by atoms with Gasteiger partial charge in [-0.15, -0.1) is 0 Å². The Morgan fingerprint density at radius 1 is 1.16 bits per heavy atom. The Morgan fingerprint density at radius 2 is 1.88 bits per heavy atom. The van der Waals surface area contributed by atoms with E-state index in [-0.39, 0.29) is 16.0 Å². The summed E-state index contributed by atoms with van der Waals surface area (Å²) in [4.78, 5) is 11.6. The first-order chi connectivity index (χ1) is 11.7. The summed E-state index contributed by atoms with van der Waals surface area (Å²) in [5.41, 5.74) is -0.712. The Kier molecular flexibility index (Phi) is 4.42. The van der Waals surface area contributed by atoms with Crippen molar-refractivity contribution in [2.75, 3.05) is 7.11 Å². The summed E-state index contributed by atoms with van der Waals surface area (Å²) in [5.74, 6) is -0.235. The van der Waals surface area contributed by atoms with Crippen LogP contribution in [0.5, 0.6) is 5.75 Å². The van der Waals surface area contributed by atoms with E-state index in [0.717, 1.165) is 12.1 Å². The van der Waals surface area contributed by atoms with Crippen LogP contribution in [0.1, 0.15) is 5.56 Å².